The largest absolute Gasteiger partial charge is 0.317 e. The third-order valence-corrected chi connectivity index (χ3v) is 4.69. The van der Waals surface area contributed by atoms with Gasteiger partial charge in [0.15, 0.2) is 0 Å². The Labute approximate surface area is 106 Å². The first-order valence-corrected chi connectivity index (χ1v) is 7.29. The summed E-state index contributed by atoms with van der Waals surface area (Å²) in [7, 11) is -1.45. The SMILES string of the molecule is CNC(C)CC1=CS(=O)(=O)c2cc(Cl)ccc21. The van der Waals surface area contributed by atoms with E-state index in [1.54, 1.807) is 12.1 Å². The fourth-order valence-electron chi connectivity index (χ4n) is 1.90. The van der Waals surface area contributed by atoms with Gasteiger partial charge in [-0.1, -0.05) is 17.7 Å². The van der Waals surface area contributed by atoms with E-state index in [2.05, 4.69) is 5.32 Å². The second-order valence-electron chi connectivity index (χ2n) is 4.22. The Morgan fingerprint density at radius 2 is 2.12 bits per heavy atom. The summed E-state index contributed by atoms with van der Waals surface area (Å²) in [6.45, 7) is 2.02. The molecule has 1 heterocycles. The van der Waals surface area contributed by atoms with Gasteiger partial charge in [0.2, 0.25) is 9.84 Å². The van der Waals surface area contributed by atoms with Crippen LogP contribution in [0, 0.1) is 0 Å². The van der Waals surface area contributed by atoms with E-state index in [-0.39, 0.29) is 6.04 Å². The van der Waals surface area contributed by atoms with E-state index in [1.807, 2.05) is 14.0 Å². The van der Waals surface area contributed by atoms with Crippen molar-refractivity contribution in [1.82, 2.24) is 5.32 Å². The van der Waals surface area contributed by atoms with Crippen LogP contribution in [0.15, 0.2) is 28.5 Å². The summed E-state index contributed by atoms with van der Waals surface area (Å²) < 4.78 is 23.9. The van der Waals surface area contributed by atoms with Crippen molar-refractivity contribution in [1.29, 1.82) is 0 Å². The molecule has 17 heavy (non-hydrogen) atoms. The maximum atomic E-state index is 11.9. The molecule has 3 nitrogen and oxygen atoms in total. The molecule has 1 atom stereocenters. The summed E-state index contributed by atoms with van der Waals surface area (Å²) in [6, 6.07) is 5.24. The van der Waals surface area contributed by atoms with Crippen molar-refractivity contribution >= 4 is 27.0 Å². The lowest BCUT2D eigenvalue weighted by molar-refractivity contribution is 0.605. The van der Waals surface area contributed by atoms with Crippen LogP contribution >= 0.6 is 11.6 Å². The van der Waals surface area contributed by atoms with Crippen LogP contribution in [-0.2, 0) is 9.84 Å². The zero-order valence-electron chi connectivity index (χ0n) is 9.70. The summed E-state index contributed by atoms with van der Waals surface area (Å²) in [5.41, 5.74) is 1.62. The zero-order valence-corrected chi connectivity index (χ0v) is 11.3. The smallest absolute Gasteiger partial charge is 0.200 e. The second-order valence-corrected chi connectivity index (χ2v) is 6.42. The molecule has 1 aromatic rings. The first-order chi connectivity index (χ1) is 7.94. The fraction of sp³-hybridized carbons (Fsp3) is 0.333. The first-order valence-electron chi connectivity index (χ1n) is 5.37. The Kier molecular flexibility index (Phi) is 3.30. The van der Waals surface area contributed by atoms with Crippen LogP contribution in [0.3, 0.4) is 0 Å². The molecule has 1 unspecified atom stereocenters. The number of nitrogens with one attached hydrogen (secondary N) is 1. The number of benzene rings is 1. The number of hydrogen-bond acceptors (Lipinski definition) is 3. The predicted molar refractivity (Wildman–Crippen MR) is 69.8 cm³/mol. The van der Waals surface area contributed by atoms with Gasteiger partial charge in [-0.15, -0.1) is 0 Å². The average Bonchev–Trinajstić information content (AvgIpc) is 2.50. The molecule has 5 heteroatoms. The molecule has 1 aliphatic rings. The minimum atomic E-state index is -3.31. The van der Waals surface area contributed by atoms with Gasteiger partial charge in [0.25, 0.3) is 0 Å². The lowest BCUT2D eigenvalue weighted by Crippen LogP contribution is -2.21. The zero-order chi connectivity index (χ0) is 12.6. The number of sulfone groups is 1. The van der Waals surface area contributed by atoms with E-state index >= 15 is 0 Å². The molecule has 92 valence electrons. The normalized spacial score (nSPS) is 18.6. The van der Waals surface area contributed by atoms with Gasteiger partial charge >= 0.3 is 0 Å². The molecule has 1 N–H and O–H groups in total. The number of hydrogen-bond donors (Lipinski definition) is 1. The van der Waals surface area contributed by atoms with Crippen LogP contribution in [0.4, 0.5) is 0 Å². The van der Waals surface area contributed by atoms with E-state index in [0.29, 0.717) is 16.3 Å². The van der Waals surface area contributed by atoms with Gasteiger partial charge in [-0.3, -0.25) is 0 Å². The number of fused-ring (bicyclic) bond motifs is 1. The van der Waals surface area contributed by atoms with Crippen LogP contribution in [0.25, 0.3) is 5.57 Å². The Morgan fingerprint density at radius 1 is 1.41 bits per heavy atom. The highest BCUT2D eigenvalue weighted by Gasteiger charge is 2.27. The van der Waals surface area contributed by atoms with Crippen molar-refractivity contribution in [3.05, 3.63) is 34.2 Å². The van der Waals surface area contributed by atoms with E-state index in [0.717, 1.165) is 11.1 Å². The highest BCUT2D eigenvalue weighted by atomic mass is 35.5. The Morgan fingerprint density at radius 3 is 2.76 bits per heavy atom. The summed E-state index contributed by atoms with van der Waals surface area (Å²) in [5.74, 6) is 0. The van der Waals surface area contributed by atoms with Crippen molar-refractivity contribution in [3.63, 3.8) is 0 Å². The summed E-state index contributed by atoms with van der Waals surface area (Å²) in [4.78, 5) is 0.323. The van der Waals surface area contributed by atoms with Crippen molar-refractivity contribution < 1.29 is 8.42 Å². The van der Waals surface area contributed by atoms with Crippen molar-refractivity contribution in [3.8, 4) is 0 Å². The first kappa shape index (κ1) is 12.6. The van der Waals surface area contributed by atoms with Crippen molar-refractivity contribution in [2.24, 2.45) is 0 Å². The van der Waals surface area contributed by atoms with E-state index in [4.69, 9.17) is 11.6 Å². The van der Waals surface area contributed by atoms with Crippen molar-refractivity contribution in [2.75, 3.05) is 7.05 Å². The maximum Gasteiger partial charge on any atom is 0.200 e. The van der Waals surface area contributed by atoms with Crippen LogP contribution < -0.4 is 5.32 Å². The third kappa shape index (κ3) is 2.39. The third-order valence-electron chi connectivity index (χ3n) is 2.91. The molecule has 0 aliphatic carbocycles. The highest BCUT2D eigenvalue weighted by Crippen LogP contribution is 2.37. The molecule has 2 rings (SSSR count). The molecule has 0 saturated heterocycles. The maximum absolute atomic E-state index is 11.9. The molecule has 0 aromatic heterocycles. The molecule has 0 radical (unpaired) electrons. The molecular formula is C12H14ClNO2S. The van der Waals surface area contributed by atoms with Gasteiger partial charge in [-0.2, -0.15) is 0 Å². The van der Waals surface area contributed by atoms with Gasteiger partial charge in [-0.05, 0) is 43.7 Å². The van der Waals surface area contributed by atoms with Crippen LogP contribution in [0.2, 0.25) is 5.02 Å². The monoisotopic (exact) mass is 271 g/mol. The van der Waals surface area contributed by atoms with Gasteiger partial charge in [0, 0.05) is 16.5 Å². The quantitative estimate of drug-likeness (QED) is 0.919. The summed E-state index contributed by atoms with van der Waals surface area (Å²) >= 11 is 5.83. The Hall–Kier alpha value is -0.840. The van der Waals surface area contributed by atoms with Gasteiger partial charge in [0.1, 0.15) is 0 Å². The van der Waals surface area contributed by atoms with Gasteiger partial charge in [-0.25, -0.2) is 8.42 Å². The van der Waals surface area contributed by atoms with Crippen LogP contribution in [-0.4, -0.2) is 21.5 Å². The van der Waals surface area contributed by atoms with Crippen LogP contribution in [0.1, 0.15) is 18.9 Å². The minimum Gasteiger partial charge on any atom is -0.317 e. The Balaban J connectivity index is 2.47. The van der Waals surface area contributed by atoms with E-state index in [9.17, 15) is 8.42 Å². The second kappa shape index (κ2) is 4.44. The molecule has 0 amide bonds. The number of rotatable bonds is 3. The molecule has 0 bridgehead atoms. The standard InChI is InChI=1S/C12H14ClNO2S/c1-8(14-2)5-9-7-17(15,16)12-6-10(13)3-4-11(9)12/h3-4,6-8,14H,5H2,1-2H3. The van der Waals surface area contributed by atoms with Gasteiger partial charge < -0.3 is 5.32 Å². The molecule has 0 saturated carbocycles. The van der Waals surface area contributed by atoms with Crippen LogP contribution in [0.5, 0.6) is 0 Å². The molecule has 0 spiro atoms. The van der Waals surface area contributed by atoms with E-state index < -0.39 is 9.84 Å². The highest BCUT2D eigenvalue weighted by molar-refractivity contribution is 7.95. The Bertz CT molecular complexity index is 578. The molecule has 1 aromatic carbocycles. The fourth-order valence-corrected chi connectivity index (χ4v) is 3.66. The molecule has 0 fully saturated rings. The molecular weight excluding hydrogens is 258 g/mol. The summed E-state index contributed by atoms with van der Waals surface area (Å²) in [6.07, 6.45) is 0.685. The number of halogens is 1. The molecule has 1 aliphatic heterocycles. The average molecular weight is 272 g/mol. The lowest BCUT2D eigenvalue weighted by atomic mass is 10.0. The lowest BCUT2D eigenvalue weighted by Gasteiger charge is -2.11. The summed E-state index contributed by atoms with van der Waals surface area (Å²) in [5, 5.41) is 4.90. The van der Waals surface area contributed by atoms with Gasteiger partial charge in [0.05, 0.1) is 4.90 Å². The van der Waals surface area contributed by atoms with Crippen molar-refractivity contribution in [2.45, 2.75) is 24.3 Å². The topological polar surface area (TPSA) is 46.2 Å². The van der Waals surface area contributed by atoms with E-state index in [1.165, 1.54) is 11.5 Å². The minimum absolute atomic E-state index is 0.234. The predicted octanol–water partition coefficient (Wildman–Crippen LogP) is 2.47.